The quantitative estimate of drug-likeness (QED) is 0.936. The van der Waals surface area contributed by atoms with E-state index in [-0.39, 0.29) is 5.92 Å². The van der Waals surface area contributed by atoms with Crippen LogP contribution in [0.5, 0.6) is 0 Å². The summed E-state index contributed by atoms with van der Waals surface area (Å²) in [5.74, 6) is 0.223. The normalized spacial score (nSPS) is 12.9. The molecular weight excluding hydrogens is 262 g/mol. The van der Waals surface area contributed by atoms with E-state index in [1.807, 2.05) is 26.0 Å². The molecule has 1 N–H and O–H groups in total. The van der Waals surface area contributed by atoms with Crippen molar-refractivity contribution in [2.24, 2.45) is 7.05 Å². The fourth-order valence-corrected chi connectivity index (χ4v) is 2.38. The Balaban J connectivity index is 2.31. The Hall–Kier alpha value is -1.39. The summed E-state index contributed by atoms with van der Waals surface area (Å²) in [6.07, 6.45) is 3.29. The van der Waals surface area contributed by atoms with Crippen molar-refractivity contribution >= 4 is 11.6 Å². The van der Waals surface area contributed by atoms with Crippen molar-refractivity contribution in [2.75, 3.05) is 0 Å². The van der Waals surface area contributed by atoms with Crippen molar-refractivity contribution in [3.63, 3.8) is 0 Å². The number of rotatable bonds is 4. The van der Waals surface area contributed by atoms with E-state index in [0.29, 0.717) is 11.6 Å². The number of aliphatic hydroxyl groups is 1. The molecule has 2 aromatic heterocycles. The number of nitrogens with zero attached hydrogens (tertiary/aromatic N) is 3. The van der Waals surface area contributed by atoms with E-state index in [2.05, 4.69) is 10.1 Å². The minimum Gasteiger partial charge on any atom is -0.388 e. The van der Waals surface area contributed by atoms with Gasteiger partial charge in [0.25, 0.3) is 0 Å². The zero-order chi connectivity index (χ0) is 14.0. The lowest BCUT2D eigenvalue weighted by atomic mass is 9.98. The Morgan fingerprint density at radius 2 is 1.95 bits per heavy atom. The molecule has 2 rings (SSSR count). The lowest BCUT2D eigenvalue weighted by Gasteiger charge is -2.13. The number of aromatic nitrogens is 3. The second kappa shape index (κ2) is 5.72. The minimum atomic E-state index is -0.652. The van der Waals surface area contributed by atoms with Gasteiger partial charge in [-0.2, -0.15) is 5.10 Å². The third-order valence-electron chi connectivity index (χ3n) is 3.10. The topological polar surface area (TPSA) is 50.9 Å². The van der Waals surface area contributed by atoms with Crippen molar-refractivity contribution < 1.29 is 5.11 Å². The van der Waals surface area contributed by atoms with Gasteiger partial charge >= 0.3 is 0 Å². The SMILES string of the molecule is CC(C)c1nn(C)c(Cl)c1C(O)Cc1ccncc1. The van der Waals surface area contributed by atoms with Crippen LogP contribution >= 0.6 is 11.6 Å². The molecule has 4 nitrogen and oxygen atoms in total. The molecule has 1 atom stereocenters. The Bertz CT molecular complexity index is 551. The molecule has 5 heteroatoms. The standard InChI is InChI=1S/C14H18ClN3O/c1-9(2)13-12(14(15)18(3)17-13)11(19)8-10-4-6-16-7-5-10/h4-7,9,11,19H,8H2,1-3H3. The first kappa shape index (κ1) is 14.0. The molecule has 2 heterocycles. The third-order valence-corrected chi connectivity index (χ3v) is 3.55. The van der Waals surface area contributed by atoms with Crippen LogP contribution in [0, 0.1) is 0 Å². The molecule has 0 fully saturated rings. The molecule has 0 amide bonds. The molecule has 0 radical (unpaired) electrons. The predicted molar refractivity (Wildman–Crippen MR) is 75.2 cm³/mol. The van der Waals surface area contributed by atoms with E-state index in [4.69, 9.17) is 11.6 Å². The summed E-state index contributed by atoms with van der Waals surface area (Å²) in [6.45, 7) is 4.09. The summed E-state index contributed by atoms with van der Waals surface area (Å²) < 4.78 is 1.61. The third kappa shape index (κ3) is 2.96. The highest BCUT2D eigenvalue weighted by atomic mass is 35.5. The average Bonchev–Trinajstić information content (AvgIpc) is 2.67. The van der Waals surface area contributed by atoms with Crippen LogP contribution in [0.15, 0.2) is 24.5 Å². The van der Waals surface area contributed by atoms with Crippen molar-refractivity contribution in [3.8, 4) is 0 Å². The van der Waals surface area contributed by atoms with Gasteiger partial charge in [-0.3, -0.25) is 9.67 Å². The maximum Gasteiger partial charge on any atom is 0.132 e. The van der Waals surface area contributed by atoms with Crippen LogP contribution in [0.4, 0.5) is 0 Å². The van der Waals surface area contributed by atoms with Gasteiger partial charge in [0.1, 0.15) is 5.15 Å². The first-order valence-corrected chi connectivity index (χ1v) is 6.67. The maximum atomic E-state index is 10.4. The van der Waals surface area contributed by atoms with E-state index in [9.17, 15) is 5.11 Å². The number of aliphatic hydroxyl groups excluding tert-OH is 1. The van der Waals surface area contributed by atoms with Gasteiger partial charge in [-0.1, -0.05) is 25.4 Å². The maximum absolute atomic E-state index is 10.4. The fourth-order valence-electron chi connectivity index (χ4n) is 2.12. The summed E-state index contributed by atoms with van der Waals surface area (Å²) in [6, 6.07) is 3.78. The van der Waals surface area contributed by atoms with Gasteiger partial charge in [-0.05, 0) is 23.6 Å². The van der Waals surface area contributed by atoms with Crippen molar-refractivity contribution in [3.05, 3.63) is 46.5 Å². The Morgan fingerprint density at radius 3 is 2.53 bits per heavy atom. The molecule has 0 aliphatic heterocycles. The van der Waals surface area contributed by atoms with E-state index in [1.165, 1.54) is 0 Å². The lowest BCUT2D eigenvalue weighted by molar-refractivity contribution is 0.177. The summed E-state index contributed by atoms with van der Waals surface area (Å²) >= 11 is 6.25. The number of aryl methyl sites for hydroxylation is 1. The van der Waals surface area contributed by atoms with Crippen LogP contribution in [0.1, 0.15) is 42.7 Å². The van der Waals surface area contributed by atoms with E-state index in [1.54, 1.807) is 24.1 Å². The van der Waals surface area contributed by atoms with Crippen LogP contribution in [0.3, 0.4) is 0 Å². The molecule has 0 saturated carbocycles. The van der Waals surface area contributed by atoms with Gasteiger partial charge in [0.05, 0.1) is 11.8 Å². The molecule has 0 aliphatic carbocycles. The molecule has 19 heavy (non-hydrogen) atoms. The van der Waals surface area contributed by atoms with Gasteiger partial charge in [0.2, 0.25) is 0 Å². The van der Waals surface area contributed by atoms with E-state index in [0.717, 1.165) is 16.8 Å². The first-order valence-electron chi connectivity index (χ1n) is 6.30. The molecule has 0 bridgehead atoms. The summed E-state index contributed by atoms with van der Waals surface area (Å²) in [7, 11) is 1.79. The molecular formula is C14H18ClN3O. The molecule has 0 aromatic carbocycles. The average molecular weight is 280 g/mol. The molecule has 102 valence electrons. The Morgan fingerprint density at radius 1 is 1.32 bits per heavy atom. The monoisotopic (exact) mass is 279 g/mol. The van der Waals surface area contributed by atoms with Gasteiger partial charge in [-0.25, -0.2) is 0 Å². The van der Waals surface area contributed by atoms with Gasteiger partial charge < -0.3 is 5.11 Å². The molecule has 1 unspecified atom stereocenters. The van der Waals surface area contributed by atoms with Crippen LogP contribution < -0.4 is 0 Å². The largest absolute Gasteiger partial charge is 0.388 e. The highest BCUT2D eigenvalue weighted by molar-refractivity contribution is 6.30. The Kier molecular flexibility index (Phi) is 4.22. The Labute approximate surface area is 118 Å². The van der Waals surface area contributed by atoms with Crippen LogP contribution in [0.2, 0.25) is 5.15 Å². The highest BCUT2D eigenvalue weighted by Gasteiger charge is 2.23. The first-order chi connectivity index (χ1) is 9.00. The van der Waals surface area contributed by atoms with Crippen LogP contribution in [-0.4, -0.2) is 19.9 Å². The zero-order valence-electron chi connectivity index (χ0n) is 11.3. The summed E-state index contributed by atoms with van der Waals surface area (Å²) in [5.41, 5.74) is 2.61. The molecule has 0 saturated heterocycles. The fraction of sp³-hybridized carbons (Fsp3) is 0.429. The molecule has 0 aliphatic rings. The van der Waals surface area contributed by atoms with Crippen molar-refractivity contribution in [1.29, 1.82) is 0 Å². The van der Waals surface area contributed by atoms with Gasteiger partial charge in [-0.15, -0.1) is 0 Å². The number of hydrogen-bond acceptors (Lipinski definition) is 3. The number of halogens is 1. The van der Waals surface area contributed by atoms with Crippen LogP contribution in [-0.2, 0) is 13.5 Å². The van der Waals surface area contributed by atoms with Crippen molar-refractivity contribution in [2.45, 2.75) is 32.3 Å². The van der Waals surface area contributed by atoms with Gasteiger partial charge in [0, 0.05) is 31.4 Å². The summed E-state index contributed by atoms with van der Waals surface area (Å²) in [5, 5.41) is 15.3. The zero-order valence-corrected chi connectivity index (χ0v) is 12.1. The highest BCUT2D eigenvalue weighted by Crippen LogP contribution is 2.32. The summed E-state index contributed by atoms with van der Waals surface area (Å²) in [4.78, 5) is 3.97. The van der Waals surface area contributed by atoms with E-state index < -0.39 is 6.10 Å². The van der Waals surface area contributed by atoms with Crippen molar-refractivity contribution in [1.82, 2.24) is 14.8 Å². The number of pyridine rings is 1. The molecule has 2 aromatic rings. The van der Waals surface area contributed by atoms with Gasteiger partial charge in [0.15, 0.2) is 0 Å². The van der Waals surface area contributed by atoms with Crippen LogP contribution in [0.25, 0.3) is 0 Å². The minimum absolute atomic E-state index is 0.223. The number of hydrogen-bond donors (Lipinski definition) is 1. The second-order valence-electron chi connectivity index (χ2n) is 4.94. The lowest BCUT2D eigenvalue weighted by Crippen LogP contribution is -2.05. The predicted octanol–water partition coefficient (Wildman–Crippen LogP) is 2.87. The smallest absolute Gasteiger partial charge is 0.132 e. The van der Waals surface area contributed by atoms with E-state index >= 15 is 0 Å². The second-order valence-corrected chi connectivity index (χ2v) is 5.30. The molecule has 0 spiro atoms.